The van der Waals surface area contributed by atoms with E-state index in [1.807, 2.05) is 72.8 Å². The summed E-state index contributed by atoms with van der Waals surface area (Å²) in [5.41, 5.74) is 10.2. The smallest absolute Gasteiger partial charge is 0.265 e. The first kappa shape index (κ1) is 20.0. The van der Waals surface area contributed by atoms with Gasteiger partial charge in [-0.1, -0.05) is 54.6 Å². The SMILES string of the molecule is NCCCNc1ccc2c3c(cccc13)C(=O)N(c1ccc(-c3ccccc3)cc1)C2=O. The first-order chi connectivity index (χ1) is 15.7. The molecule has 0 radical (unpaired) electrons. The van der Waals surface area contributed by atoms with Gasteiger partial charge in [0.2, 0.25) is 0 Å². The van der Waals surface area contributed by atoms with E-state index in [0.29, 0.717) is 28.7 Å². The van der Waals surface area contributed by atoms with Crippen LogP contribution in [0.4, 0.5) is 11.4 Å². The molecular formula is C27H23N3O2. The molecule has 3 N–H and O–H groups in total. The van der Waals surface area contributed by atoms with E-state index in [1.54, 1.807) is 12.1 Å². The van der Waals surface area contributed by atoms with Gasteiger partial charge in [0.15, 0.2) is 0 Å². The fraction of sp³-hybridized carbons (Fsp3) is 0.111. The third-order valence-corrected chi connectivity index (χ3v) is 5.84. The van der Waals surface area contributed by atoms with Crippen LogP contribution in [0.15, 0.2) is 84.9 Å². The van der Waals surface area contributed by atoms with E-state index < -0.39 is 0 Å². The summed E-state index contributed by atoms with van der Waals surface area (Å²) in [5, 5.41) is 4.95. The second-order valence-corrected chi connectivity index (χ2v) is 7.82. The number of nitrogens with one attached hydrogen (secondary N) is 1. The Hall–Kier alpha value is -3.96. The normalized spacial score (nSPS) is 13.0. The Morgan fingerprint density at radius 3 is 2.12 bits per heavy atom. The van der Waals surface area contributed by atoms with Crippen LogP contribution in [0.2, 0.25) is 0 Å². The number of benzene rings is 4. The average Bonchev–Trinajstić information content (AvgIpc) is 2.84. The lowest BCUT2D eigenvalue weighted by Crippen LogP contribution is -2.40. The zero-order valence-corrected chi connectivity index (χ0v) is 17.5. The molecule has 1 heterocycles. The maximum Gasteiger partial charge on any atom is 0.265 e. The summed E-state index contributed by atoms with van der Waals surface area (Å²) in [6, 6.07) is 26.8. The first-order valence-electron chi connectivity index (χ1n) is 10.7. The van der Waals surface area contributed by atoms with E-state index >= 15 is 0 Å². The Bertz CT molecular complexity index is 1290. The molecule has 2 amide bonds. The van der Waals surface area contributed by atoms with Crippen LogP contribution in [0.25, 0.3) is 21.9 Å². The van der Waals surface area contributed by atoms with Crippen molar-refractivity contribution in [1.82, 2.24) is 0 Å². The van der Waals surface area contributed by atoms with Crippen molar-refractivity contribution in [1.29, 1.82) is 0 Å². The molecule has 32 heavy (non-hydrogen) atoms. The van der Waals surface area contributed by atoms with E-state index in [4.69, 9.17) is 5.73 Å². The van der Waals surface area contributed by atoms with Crippen LogP contribution in [0.1, 0.15) is 27.1 Å². The van der Waals surface area contributed by atoms with Crippen LogP contribution in [0, 0.1) is 0 Å². The van der Waals surface area contributed by atoms with Crippen molar-refractivity contribution < 1.29 is 9.59 Å². The van der Waals surface area contributed by atoms with Crippen LogP contribution in [-0.4, -0.2) is 24.9 Å². The van der Waals surface area contributed by atoms with Crippen LogP contribution in [-0.2, 0) is 0 Å². The van der Waals surface area contributed by atoms with Crippen molar-refractivity contribution in [2.24, 2.45) is 5.73 Å². The summed E-state index contributed by atoms with van der Waals surface area (Å²) in [5.74, 6) is -0.612. The molecule has 158 valence electrons. The number of amides is 2. The molecule has 0 fully saturated rings. The van der Waals surface area contributed by atoms with Gasteiger partial charge in [0.05, 0.1) is 5.69 Å². The summed E-state index contributed by atoms with van der Waals surface area (Å²) in [4.78, 5) is 28.1. The maximum absolute atomic E-state index is 13.4. The van der Waals surface area contributed by atoms with Crippen molar-refractivity contribution in [2.45, 2.75) is 6.42 Å². The largest absolute Gasteiger partial charge is 0.384 e. The minimum atomic E-state index is -0.306. The highest BCUT2D eigenvalue weighted by Crippen LogP contribution is 2.36. The van der Waals surface area contributed by atoms with Crippen molar-refractivity contribution in [3.05, 3.63) is 96.1 Å². The highest BCUT2D eigenvalue weighted by molar-refractivity contribution is 6.36. The van der Waals surface area contributed by atoms with Crippen LogP contribution in [0.5, 0.6) is 0 Å². The van der Waals surface area contributed by atoms with Gasteiger partial charge in [-0.3, -0.25) is 9.59 Å². The second-order valence-electron chi connectivity index (χ2n) is 7.82. The van der Waals surface area contributed by atoms with Gasteiger partial charge < -0.3 is 11.1 Å². The lowest BCUT2D eigenvalue weighted by atomic mass is 9.92. The van der Waals surface area contributed by atoms with Crippen molar-refractivity contribution in [3.63, 3.8) is 0 Å². The molecule has 4 aromatic rings. The van der Waals surface area contributed by atoms with Gasteiger partial charge >= 0.3 is 0 Å². The molecule has 0 spiro atoms. The Kier molecular flexibility index (Phi) is 5.17. The summed E-state index contributed by atoms with van der Waals surface area (Å²) in [6.07, 6.45) is 0.841. The molecule has 0 aromatic heterocycles. The number of rotatable bonds is 6. The maximum atomic E-state index is 13.4. The molecule has 5 nitrogen and oxygen atoms in total. The molecule has 1 aliphatic rings. The third-order valence-electron chi connectivity index (χ3n) is 5.84. The highest BCUT2D eigenvalue weighted by atomic mass is 16.2. The number of anilines is 2. The average molecular weight is 422 g/mol. The number of carbonyl (C=O) groups is 2. The number of hydrogen-bond acceptors (Lipinski definition) is 4. The van der Waals surface area contributed by atoms with Crippen molar-refractivity contribution in [2.75, 3.05) is 23.3 Å². The Balaban J connectivity index is 1.53. The molecule has 1 aliphatic heterocycles. The van der Waals surface area contributed by atoms with Gasteiger partial charge in [0.25, 0.3) is 11.8 Å². The predicted octanol–water partition coefficient (Wildman–Crippen LogP) is 5.07. The first-order valence-corrected chi connectivity index (χ1v) is 10.7. The molecule has 4 aromatic carbocycles. The monoisotopic (exact) mass is 421 g/mol. The molecule has 5 heteroatoms. The molecular weight excluding hydrogens is 398 g/mol. The summed E-state index contributed by atoms with van der Waals surface area (Å²) in [6.45, 7) is 1.33. The van der Waals surface area contributed by atoms with Gasteiger partial charge in [-0.05, 0) is 54.4 Å². The van der Waals surface area contributed by atoms with Crippen LogP contribution >= 0.6 is 0 Å². The second kappa shape index (κ2) is 8.29. The number of nitrogens with zero attached hydrogens (tertiary/aromatic N) is 1. The van der Waals surface area contributed by atoms with Gasteiger partial charge in [0, 0.05) is 34.1 Å². The van der Waals surface area contributed by atoms with Gasteiger partial charge in [-0.25, -0.2) is 4.90 Å². The Morgan fingerprint density at radius 1 is 0.719 bits per heavy atom. The van der Waals surface area contributed by atoms with Crippen molar-refractivity contribution in [3.8, 4) is 11.1 Å². The Morgan fingerprint density at radius 2 is 1.41 bits per heavy atom. The van der Waals surface area contributed by atoms with E-state index in [-0.39, 0.29) is 11.8 Å². The number of nitrogens with two attached hydrogens (primary N) is 1. The minimum absolute atomic E-state index is 0.306. The molecule has 5 rings (SSSR count). The topological polar surface area (TPSA) is 75.4 Å². The van der Waals surface area contributed by atoms with Gasteiger partial charge in [0.1, 0.15) is 0 Å². The third kappa shape index (κ3) is 3.33. The van der Waals surface area contributed by atoms with Crippen LogP contribution in [0.3, 0.4) is 0 Å². The summed E-state index contributed by atoms with van der Waals surface area (Å²) in [7, 11) is 0. The molecule has 0 aliphatic carbocycles. The number of carbonyl (C=O) groups excluding carboxylic acids is 2. The highest BCUT2D eigenvalue weighted by Gasteiger charge is 2.34. The lowest BCUT2D eigenvalue weighted by Gasteiger charge is -2.28. The zero-order chi connectivity index (χ0) is 22.1. The Labute approximate surface area is 186 Å². The quantitative estimate of drug-likeness (QED) is 0.337. The summed E-state index contributed by atoms with van der Waals surface area (Å²) >= 11 is 0. The van der Waals surface area contributed by atoms with E-state index in [2.05, 4.69) is 5.32 Å². The number of imide groups is 1. The standard InChI is InChI=1S/C27H23N3O2/c28-16-5-17-29-24-15-14-23-25-21(24)8-4-9-22(25)26(31)30(27(23)32)20-12-10-19(11-13-20)18-6-2-1-3-7-18/h1-4,6-15,29H,5,16-17,28H2. The van der Waals surface area contributed by atoms with E-state index in [9.17, 15) is 9.59 Å². The fourth-order valence-electron chi connectivity index (χ4n) is 4.24. The van der Waals surface area contributed by atoms with E-state index in [1.165, 1.54) is 4.90 Å². The van der Waals surface area contributed by atoms with Gasteiger partial charge in [-0.15, -0.1) is 0 Å². The minimum Gasteiger partial charge on any atom is -0.384 e. The molecule has 0 saturated carbocycles. The molecule has 0 saturated heterocycles. The fourth-order valence-corrected chi connectivity index (χ4v) is 4.24. The summed E-state index contributed by atoms with van der Waals surface area (Å²) < 4.78 is 0. The van der Waals surface area contributed by atoms with Crippen LogP contribution < -0.4 is 16.0 Å². The lowest BCUT2D eigenvalue weighted by molar-refractivity contribution is 0.0893. The van der Waals surface area contributed by atoms with Gasteiger partial charge in [-0.2, -0.15) is 0 Å². The molecule has 0 atom stereocenters. The number of hydrogen-bond donors (Lipinski definition) is 2. The molecule has 0 bridgehead atoms. The van der Waals surface area contributed by atoms with Crippen molar-refractivity contribution >= 4 is 34.0 Å². The molecule has 0 unspecified atom stereocenters. The van der Waals surface area contributed by atoms with E-state index in [0.717, 1.165) is 35.2 Å². The zero-order valence-electron chi connectivity index (χ0n) is 17.5. The predicted molar refractivity (Wildman–Crippen MR) is 129 cm³/mol.